The average molecular weight is 518 g/mol. The van der Waals surface area contributed by atoms with Crippen molar-refractivity contribution >= 4 is 33.6 Å². The van der Waals surface area contributed by atoms with Gasteiger partial charge >= 0.3 is 5.97 Å². The number of nitrogens with zero attached hydrogens (tertiary/aromatic N) is 1. The Morgan fingerprint density at radius 3 is 1.95 bits per heavy atom. The van der Waals surface area contributed by atoms with Crippen LogP contribution in [0.4, 0.5) is 5.69 Å². The second-order valence-corrected chi connectivity index (χ2v) is 11.0. The molecule has 0 saturated heterocycles. The van der Waals surface area contributed by atoms with Crippen molar-refractivity contribution in [1.29, 1.82) is 0 Å². The van der Waals surface area contributed by atoms with Gasteiger partial charge in [0, 0.05) is 24.9 Å². The largest absolute Gasteiger partial charge is 0.462 e. The van der Waals surface area contributed by atoms with Gasteiger partial charge in [-0.2, -0.15) is 0 Å². The standard InChI is InChI=1S/C31H35NO4S/c1-25(2)31(33)36-24-10-5-4-9-23-32(3)28-19-15-26(16-20-28)13-14-27-17-21-30(22-18-27)37(34,35)29-11-7-6-8-12-29/h6-8,11-22H,1,4-5,9-10,23-24H2,2-3H3. The highest BCUT2D eigenvalue weighted by atomic mass is 32.2. The van der Waals surface area contributed by atoms with E-state index in [1.54, 1.807) is 49.4 Å². The molecule has 0 heterocycles. The molecule has 0 aliphatic rings. The maximum atomic E-state index is 12.7. The van der Waals surface area contributed by atoms with Crippen molar-refractivity contribution in [3.05, 3.63) is 102 Å². The Bertz CT molecular complexity index is 1300. The van der Waals surface area contributed by atoms with E-state index in [0.29, 0.717) is 17.1 Å². The predicted octanol–water partition coefficient (Wildman–Crippen LogP) is 6.81. The summed E-state index contributed by atoms with van der Waals surface area (Å²) in [5, 5.41) is 0. The van der Waals surface area contributed by atoms with Crippen LogP contribution in [0.2, 0.25) is 0 Å². The van der Waals surface area contributed by atoms with E-state index in [2.05, 4.69) is 42.8 Å². The van der Waals surface area contributed by atoms with Gasteiger partial charge in [-0.3, -0.25) is 0 Å². The highest BCUT2D eigenvalue weighted by Gasteiger charge is 2.16. The third-order valence-corrected chi connectivity index (χ3v) is 7.80. The molecule has 6 heteroatoms. The highest BCUT2D eigenvalue weighted by molar-refractivity contribution is 7.91. The lowest BCUT2D eigenvalue weighted by Crippen LogP contribution is -2.18. The smallest absolute Gasteiger partial charge is 0.333 e. The number of hydrogen-bond donors (Lipinski definition) is 0. The van der Waals surface area contributed by atoms with Crippen molar-refractivity contribution in [2.24, 2.45) is 0 Å². The molecule has 0 fully saturated rings. The maximum absolute atomic E-state index is 12.7. The predicted molar refractivity (Wildman–Crippen MR) is 151 cm³/mol. The van der Waals surface area contributed by atoms with E-state index in [4.69, 9.17) is 4.74 Å². The van der Waals surface area contributed by atoms with Crippen molar-refractivity contribution < 1.29 is 17.9 Å². The van der Waals surface area contributed by atoms with Crippen molar-refractivity contribution in [1.82, 2.24) is 0 Å². The average Bonchev–Trinajstić information content (AvgIpc) is 2.92. The van der Waals surface area contributed by atoms with Crippen molar-refractivity contribution in [2.45, 2.75) is 42.4 Å². The fraction of sp³-hybridized carbons (Fsp3) is 0.258. The van der Waals surface area contributed by atoms with Gasteiger partial charge in [0.25, 0.3) is 0 Å². The number of benzene rings is 3. The van der Waals surface area contributed by atoms with Crippen LogP contribution in [-0.4, -0.2) is 34.6 Å². The lowest BCUT2D eigenvalue weighted by Gasteiger charge is -2.19. The third kappa shape index (κ3) is 8.46. The minimum Gasteiger partial charge on any atom is -0.462 e. The number of rotatable bonds is 13. The SMILES string of the molecule is C=C(C)C(=O)OCCCCCCN(C)c1ccc(C=Cc2ccc(S(=O)(=O)c3ccccc3)cc2)cc1. The van der Waals surface area contributed by atoms with E-state index in [-0.39, 0.29) is 10.9 Å². The molecule has 3 aromatic rings. The van der Waals surface area contributed by atoms with Crippen LogP contribution in [0, 0.1) is 0 Å². The number of carbonyl (C=O) groups is 1. The lowest BCUT2D eigenvalue weighted by molar-refractivity contribution is -0.139. The topological polar surface area (TPSA) is 63.7 Å². The number of hydrogen-bond acceptors (Lipinski definition) is 5. The van der Waals surface area contributed by atoms with E-state index >= 15 is 0 Å². The summed E-state index contributed by atoms with van der Waals surface area (Å²) in [6.45, 7) is 6.64. The molecular weight excluding hydrogens is 482 g/mol. The molecule has 194 valence electrons. The molecule has 0 unspecified atom stereocenters. The number of carbonyl (C=O) groups excluding carboxylic acids is 1. The molecule has 0 radical (unpaired) electrons. The Balaban J connectivity index is 1.45. The van der Waals surface area contributed by atoms with Gasteiger partial charge in [0.05, 0.1) is 16.4 Å². The summed E-state index contributed by atoms with van der Waals surface area (Å²) in [5.41, 5.74) is 3.60. The summed E-state index contributed by atoms with van der Waals surface area (Å²) in [4.78, 5) is 14.2. The van der Waals surface area contributed by atoms with Crippen LogP contribution in [-0.2, 0) is 19.4 Å². The first-order valence-corrected chi connectivity index (χ1v) is 14.0. The lowest BCUT2D eigenvalue weighted by atomic mass is 10.1. The first-order valence-electron chi connectivity index (χ1n) is 12.5. The van der Waals surface area contributed by atoms with Crippen LogP contribution in [0.3, 0.4) is 0 Å². The molecule has 5 nitrogen and oxygen atoms in total. The van der Waals surface area contributed by atoms with E-state index in [1.165, 1.54) is 0 Å². The fourth-order valence-electron chi connectivity index (χ4n) is 3.75. The molecular formula is C31H35NO4S. The number of anilines is 1. The number of unbranched alkanes of at least 4 members (excludes halogenated alkanes) is 3. The summed E-state index contributed by atoms with van der Waals surface area (Å²) in [6, 6.07) is 23.8. The molecule has 0 aliphatic heterocycles. The summed E-state index contributed by atoms with van der Waals surface area (Å²) < 4.78 is 30.6. The van der Waals surface area contributed by atoms with Crippen molar-refractivity contribution in [2.75, 3.05) is 25.1 Å². The van der Waals surface area contributed by atoms with Crippen molar-refractivity contribution in [3.8, 4) is 0 Å². The Labute approximate surface area is 221 Å². The van der Waals surface area contributed by atoms with Crippen LogP contribution >= 0.6 is 0 Å². The van der Waals surface area contributed by atoms with Crippen LogP contribution < -0.4 is 4.90 Å². The summed E-state index contributed by atoms with van der Waals surface area (Å²) in [5.74, 6) is -0.315. The maximum Gasteiger partial charge on any atom is 0.333 e. The monoisotopic (exact) mass is 517 g/mol. The number of sulfone groups is 1. The molecule has 0 aliphatic carbocycles. The van der Waals surface area contributed by atoms with Gasteiger partial charge in [-0.1, -0.05) is 67.6 Å². The van der Waals surface area contributed by atoms with Gasteiger partial charge in [0.15, 0.2) is 0 Å². The molecule has 0 amide bonds. The molecule has 3 rings (SSSR count). The van der Waals surface area contributed by atoms with Crippen molar-refractivity contribution in [3.63, 3.8) is 0 Å². The first-order chi connectivity index (χ1) is 17.8. The Hall–Kier alpha value is -3.64. The normalized spacial score (nSPS) is 11.4. The molecule has 0 aromatic heterocycles. The quantitative estimate of drug-likeness (QED) is 0.108. The van der Waals surface area contributed by atoms with E-state index in [9.17, 15) is 13.2 Å². The zero-order chi connectivity index (χ0) is 26.7. The minimum absolute atomic E-state index is 0.287. The molecule has 3 aromatic carbocycles. The van der Waals surface area contributed by atoms with Gasteiger partial charge in [-0.05, 0) is 73.7 Å². The molecule has 0 saturated carbocycles. The zero-order valence-electron chi connectivity index (χ0n) is 21.6. The Morgan fingerprint density at radius 2 is 1.35 bits per heavy atom. The van der Waals surface area contributed by atoms with Crippen LogP contribution in [0.15, 0.2) is 101 Å². The minimum atomic E-state index is -3.50. The Kier molecular flexibility index (Phi) is 10.3. The summed E-state index contributed by atoms with van der Waals surface area (Å²) in [6.07, 6.45) is 8.05. The summed E-state index contributed by atoms with van der Waals surface area (Å²) >= 11 is 0. The van der Waals surface area contributed by atoms with Gasteiger partial charge < -0.3 is 9.64 Å². The molecule has 0 atom stereocenters. The molecule has 37 heavy (non-hydrogen) atoms. The summed E-state index contributed by atoms with van der Waals surface area (Å²) in [7, 11) is -1.42. The second-order valence-electron chi connectivity index (χ2n) is 9.06. The third-order valence-electron chi connectivity index (χ3n) is 6.02. The van der Waals surface area contributed by atoms with Gasteiger partial charge in [-0.15, -0.1) is 0 Å². The van der Waals surface area contributed by atoms with Gasteiger partial charge in [0.2, 0.25) is 9.84 Å². The van der Waals surface area contributed by atoms with Crippen LogP contribution in [0.5, 0.6) is 0 Å². The molecule has 0 N–H and O–H groups in total. The van der Waals surface area contributed by atoms with Crippen LogP contribution in [0.1, 0.15) is 43.7 Å². The molecule has 0 bridgehead atoms. The van der Waals surface area contributed by atoms with E-state index in [0.717, 1.165) is 49.0 Å². The molecule has 0 spiro atoms. The van der Waals surface area contributed by atoms with E-state index < -0.39 is 9.84 Å². The number of ether oxygens (including phenoxy) is 1. The first kappa shape index (κ1) is 27.9. The zero-order valence-corrected chi connectivity index (χ0v) is 22.4. The van der Waals surface area contributed by atoms with Gasteiger partial charge in [-0.25, -0.2) is 13.2 Å². The Morgan fingerprint density at radius 1 is 0.811 bits per heavy atom. The van der Waals surface area contributed by atoms with Gasteiger partial charge in [0.1, 0.15) is 0 Å². The van der Waals surface area contributed by atoms with Crippen LogP contribution in [0.25, 0.3) is 12.2 Å². The second kappa shape index (κ2) is 13.6. The number of esters is 1. The van der Waals surface area contributed by atoms with E-state index in [1.807, 2.05) is 24.3 Å². The highest BCUT2D eigenvalue weighted by Crippen LogP contribution is 2.22. The fourth-order valence-corrected chi connectivity index (χ4v) is 5.03.